The molecule has 140 valence electrons. The SMILES string of the molecule is COc1cc(NC(=O)c2cc(C)nc3ccc(C)cc23)cc(OC)c1OC. The molecule has 1 N–H and O–H groups in total. The van der Waals surface area contributed by atoms with E-state index in [0.717, 1.165) is 22.2 Å². The van der Waals surface area contributed by atoms with Gasteiger partial charge in [0.15, 0.2) is 11.5 Å². The zero-order chi connectivity index (χ0) is 19.6. The van der Waals surface area contributed by atoms with Crippen molar-refractivity contribution in [2.24, 2.45) is 0 Å². The standard InChI is InChI=1S/C21H22N2O4/c1-12-6-7-17-15(8-12)16(9-13(2)22-17)21(24)23-14-10-18(25-3)20(27-5)19(11-14)26-4/h6-11H,1-5H3,(H,23,24). The lowest BCUT2D eigenvalue weighted by atomic mass is 10.0. The van der Waals surface area contributed by atoms with E-state index >= 15 is 0 Å². The molecular formula is C21H22N2O4. The minimum Gasteiger partial charge on any atom is -0.493 e. The van der Waals surface area contributed by atoms with Crippen molar-refractivity contribution in [1.82, 2.24) is 4.98 Å². The Morgan fingerprint density at radius 1 is 0.926 bits per heavy atom. The van der Waals surface area contributed by atoms with E-state index in [9.17, 15) is 4.79 Å². The molecule has 0 unspecified atom stereocenters. The summed E-state index contributed by atoms with van der Waals surface area (Å²) >= 11 is 0. The van der Waals surface area contributed by atoms with Gasteiger partial charge in [-0.2, -0.15) is 0 Å². The fourth-order valence-electron chi connectivity index (χ4n) is 3.01. The van der Waals surface area contributed by atoms with Crippen LogP contribution in [0.4, 0.5) is 5.69 Å². The zero-order valence-electron chi connectivity index (χ0n) is 16.0. The van der Waals surface area contributed by atoms with Crippen molar-refractivity contribution < 1.29 is 19.0 Å². The zero-order valence-corrected chi connectivity index (χ0v) is 16.0. The number of hydrogen-bond donors (Lipinski definition) is 1. The highest BCUT2D eigenvalue weighted by Gasteiger charge is 2.17. The number of amides is 1. The normalized spacial score (nSPS) is 10.6. The van der Waals surface area contributed by atoms with Gasteiger partial charge in [0, 0.05) is 28.9 Å². The summed E-state index contributed by atoms with van der Waals surface area (Å²) in [6.07, 6.45) is 0. The van der Waals surface area contributed by atoms with Crippen LogP contribution in [0.3, 0.4) is 0 Å². The van der Waals surface area contributed by atoms with Crippen molar-refractivity contribution in [1.29, 1.82) is 0 Å². The summed E-state index contributed by atoms with van der Waals surface area (Å²) in [5.41, 5.74) is 3.74. The van der Waals surface area contributed by atoms with E-state index in [1.807, 2.05) is 32.0 Å². The molecule has 0 saturated heterocycles. The second kappa shape index (κ2) is 7.53. The van der Waals surface area contributed by atoms with Gasteiger partial charge < -0.3 is 19.5 Å². The highest BCUT2D eigenvalue weighted by Crippen LogP contribution is 2.40. The monoisotopic (exact) mass is 366 g/mol. The first kappa shape index (κ1) is 18.5. The number of nitrogens with one attached hydrogen (secondary N) is 1. The molecular weight excluding hydrogens is 344 g/mol. The molecule has 0 spiro atoms. The summed E-state index contributed by atoms with van der Waals surface area (Å²) in [6, 6.07) is 11.0. The Balaban J connectivity index is 2.03. The number of nitrogens with zero attached hydrogens (tertiary/aromatic N) is 1. The van der Waals surface area contributed by atoms with Crippen LogP contribution in [0, 0.1) is 13.8 Å². The maximum absolute atomic E-state index is 13.0. The average Bonchev–Trinajstić information content (AvgIpc) is 2.66. The van der Waals surface area contributed by atoms with Crippen LogP contribution >= 0.6 is 0 Å². The van der Waals surface area contributed by atoms with Gasteiger partial charge in [0.1, 0.15) is 0 Å². The van der Waals surface area contributed by atoms with Crippen LogP contribution < -0.4 is 19.5 Å². The Bertz CT molecular complexity index is 989. The molecule has 6 heteroatoms. The van der Waals surface area contributed by atoms with Gasteiger partial charge in [0.05, 0.1) is 32.4 Å². The topological polar surface area (TPSA) is 69.7 Å². The Morgan fingerprint density at radius 3 is 2.19 bits per heavy atom. The van der Waals surface area contributed by atoms with Crippen LogP contribution in [0.2, 0.25) is 0 Å². The summed E-state index contributed by atoms with van der Waals surface area (Å²) in [5, 5.41) is 3.73. The molecule has 0 saturated carbocycles. The number of benzene rings is 2. The summed E-state index contributed by atoms with van der Waals surface area (Å²) in [5.74, 6) is 1.18. The van der Waals surface area contributed by atoms with Crippen molar-refractivity contribution >= 4 is 22.5 Å². The highest BCUT2D eigenvalue weighted by atomic mass is 16.5. The van der Waals surface area contributed by atoms with Gasteiger partial charge in [0.2, 0.25) is 5.75 Å². The second-order valence-corrected chi connectivity index (χ2v) is 6.20. The Hall–Kier alpha value is -3.28. The van der Waals surface area contributed by atoms with Crippen LogP contribution in [0.25, 0.3) is 10.9 Å². The third kappa shape index (κ3) is 3.65. The second-order valence-electron chi connectivity index (χ2n) is 6.20. The predicted octanol–water partition coefficient (Wildman–Crippen LogP) is 4.13. The number of aromatic nitrogens is 1. The lowest BCUT2D eigenvalue weighted by Gasteiger charge is -2.15. The van der Waals surface area contributed by atoms with E-state index < -0.39 is 0 Å². The van der Waals surface area contributed by atoms with Gasteiger partial charge >= 0.3 is 0 Å². The molecule has 1 amide bonds. The number of pyridine rings is 1. The van der Waals surface area contributed by atoms with E-state index in [1.54, 1.807) is 18.2 Å². The molecule has 2 aromatic carbocycles. The highest BCUT2D eigenvalue weighted by molar-refractivity contribution is 6.12. The van der Waals surface area contributed by atoms with Gasteiger partial charge in [-0.1, -0.05) is 11.6 Å². The van der Waals surface area contributed by atoms with E-state index in [-0.39, 0.29) is 5.91 Å². The number of rotatable bonds is 5. The molecule has 0 bridgehead atoms. The van der Waals surface area contributed by atoms with Crippen molar-refractivity contribution in [3.63, 3.8) is 0 Å². The molecule has 0 radical (unpaired) electrons. The molecule has 6 nitrogen and oxygen atoms in total. The third-order valence-corrected chi connectivity index (χ3v) is 4.26. The predicted molar refractivity (Wildman–Crippen MR) is 105 cm³/mol. The number of ether oxygens (including phenoxy) is 3. The van der Waals surface area contributed by atoms with Gasteiger partial charge in [0.25, 0.3) is 5.91 Å². The first-order valence-corrected chi connectivity index (χ1v) is 8.46. The smallest absolute Gasteiger partial charge is 0.256 e. The minimum absolute atomic E-state index is 0.231. The van der Waals surface area contributed by atoms with Crippen molar-refractivity contribution in [2.45, 2.75) is 13.8 Å². The molecule has 3 rings (SSSR count). The minimum atomic E-state index is -0.231. The summed E-state index contributed by atoms with van der Waals surface area (Å²) in [7, 11) is 4.60. The van der Waals surface area contributed by atoms with Crippen LogP contribution in [0.1, 0.15) is 21.6 Å². The van der Waals surface area contributed by atoms with Crippen LogP contribution in [-0.4, -0.2) is 32.2 Å². The molecule has 0 fully saturated rings. The summed E-state index contributed by atoms with van der Waals surface area (Å²) in [6.45, 7) is 3.86. The number of fused-ring (bicyclic) bond motifs is 1. The van der Waals surface area contributed by atoms with Gasteiger partial charge in [-0.25, -0.2) is 0 Å². The molecule has 0 aliphatic rings. The molecule has 27 heavy (non-hydrogen) atoms. The van der Waals surface area contributed by atoms with Crippen LogP contribution in [0.15, 0.2) is 36.4 Å². The molecule has 0 aliphatic heterocycles. The van der Waals surface area contributed by atoms with Crippen LogP contribution in [0.5, 0.6) is 17.2 Å². The Morgan fingerprint density at radius 2 is 1.59 bits per heavy atom. The fraction of sp³-hybridized carbons (Fsp3) is 0.238. The average molecular weight is 366 g/mol. The lowest BCUT2D eigenvalue weighted by molar-refractivity contribution is 0.102. The van der Waals surface area contributed by atoms with E-state index in [0.29, 0.717) is 28.5 Å². The summed E-state index contributed by atoms with van der Waals surface area (Å²) < 4.78 is 16.0. The molecule has 1 heterocycles. The number of aryl methyl sites for hydroxylation is 2. The molecule has 0 atom stereocenters. The Labute approximate surface area is 158 Å². The largest absolute Gasteiger partial charge is 0.493 e. The maximum atomic E-state index is 13.0. The fourth-order valence-corrected chi connectivity index (χ4v) is 3.01. The van der Waals surface area contributed by atoms with Gasteiger partial charge in [-0.05, 0) is 32.0 Å². The first-order valence-electron chi connectivity index (χ1n) is 8.46. The Kier molecular flexibility index (Phi) is 5.16. The molecule has 3 aromatic rings. The van der Waals surface area contributed by atoms with Crippen LogP contribution in [-0.2, 0) is 0 Å². The van der Waals surface area contributed by atoms with E-state index in [1.165, 1.54) is 21.3 Å². The van der Waals surface area contributed by atoms with Gasteiger partial charge in [-0.3, -0.25) is 9.78 Å². The maximum Gasteiger partial charge on any atom is 0.256 e. The van der Waals surface area contributed by atoms with Gasteiger partial charge in [-0.15, -0.1) is 0 Å². The number of anilines is 1. The number of hydrogen-bond acceptors (Lipinski definition) is 5. The quantitative estimate of drug-likeness (QED) is 0.735. The van der Waals surface area contributed by atoms with Crippen molar-refractivity contribution in [2.75, 3.05) is 26.6 Å². The van der Waals surface area contributed by atoms with Crippen molar-refractivity contribution in [3.8, 4) is 17.2 Å². The van der Waals surface area contributed by atoms with E-state index in [4.69, 9.17) is 14.2 Å². The number of carbonyl (C=O) groups excluding carboxylic acids is 1. The van der Waals surface area contributed by atoms with Crippen molar-refractivity contribution in [3.05, 3.63) is 53.2 Å². The summed E-state index contributed by atoms with van der Waals surface area (Å²) in [4.78, 5) is 17.5. The van der Waals surface area contributed by atoms with E-state index in [2.05, 4.69) is 10.3 Å². The lowest BCUT2D eigenvalue weighted by Crippen LogP contribution is -2.13. The molecule has 1 aromatic heterocycles. The first-order chi connectivity index (χ1) is 13.0. The number of carbonyl (C=O) groups is 1. The molecule has 0 aliphatic carbocycles. The third-order valence-electron chi connectivity index (χ3n) is 4.26. The number of methoxy groups -OCH3 is 3.